The van der Waals surface area contributed by atoms with Gasteiger partial charge in [0.15, 0.2) is 0 Å². The van der Waals surface area contributed by atoms with Gasteiger partial charge in [-0.15, -0.1) is 0 Å². The Morgan fingerprint density at radius 3 is 2.30 bits per heavy atom. The van der Waals surface area contributed by atoms with Gasteiger partial charge in [0, 0.05) is 12.0 Å². The molecule has 3 nitrogen and oxygen atoms in total. The quantitative estimate of drug-likeness (QED) is 0.767. The van der Waals surface area contributed by atoms with Gasteiger partial charge in [0.2, 0.25) is 5.88 Å². The molecule has 0 radical (unpaired) electrons. The van der Waals surface area contributed by atoms with Crippen molar-refractivity contribution in [2.75, 3.05) is 0 Å². The summed E-state index contributed by atoms with van der Waals surface area (Å²) in [6, 6.07) is 4.14. The molecule has 20 heavy (non-hydrogen) atoms. The van der Waals surface area contributed by atoms with Crippen LogP contribution in [0.25, 0.3) is 0 Å². The molecule has 0 spiro atoms. The van der Waals surface area contributed by atoms with Crippen LogP contribution in [0.3, 0.4) is 0 Å². The summed E-state index contributed by atoms with van der Waals surface area (Å²) in [7, 11) is 0. The highest BCUT2D eigenvalue weighted by atomic mass is 35.5. The highest BCUT2D eigenvalue weighted by Gasteiger charge is 2.14. The van der Waals surface area contributed by atoms with E-state index in [0.29, 0.717) is 16.9 Å². The summed E-state index contributed by atoms with van der Waals surface area (Å²) in [5.74, 6) is 2.09. The number of nitrogens with zero attached hydrogens (tertiary/aromatic N) is 2. The van der Waals surface area contributed by atoms with Crippen LogP contribution in [0.5, 0.6) is 11.6 Å². The Balaban J connectivity index is 2.50. The first kappa shape index (κ1) is 14.8. The standard InChI is InChI=1S/C16H19ClN2O/c1-6-13-18-15(17)12(5)16(19-13)20-14-10(3)8-7-9(2)11(14)4/h7-8H,6H2,1-5H3. The number of benzene rings is 1. The molecule has 4 heteroatoms. The maximum Gasteiger partial charge on any atom is 0.227 e. The third-order valence-electron chi connectivity index (χ3n) is 3.48. The van der Waals surface area contributed by atoms with E-state index in [1.54, 1.807) is 0 Å². The Bertz CT molecular complexity index is 653. The molecule has 0 amide bonds. The zero-order valence-corrected chi connectivity index (χ0v) is 13.3. The van der Waals surface area contributed by atoms with Crippen LogP contribution in [0.2, 0.25) is 5.15 Å². The van der Waals surface area contributed by atoms with Gasteiger partial charge in [-0.25, -0.2) is 4.98 Å². The van der Waals surface area contributed by atoms with Crippen molar-refractivity contribution in [2.24, 2.45) is 0 Å². The maximum atomic E-state index is 6.14. The SMILES string of the molecule is CCc1nc(Cl)c(C)c(Oc2c(C)ccc(C)c2C)n1. The second-order valence-corrected chi connectivity index (χ2v) is 5.33. The lowest BCUT2D eigenvalue weighted by Crippen LogP contribution is -2.02. The van der Waals surface area contributed by atoms with E-state index in [9.17, 15) is 0 Å². The molecule has 0 saturated carbocycles. The van der Waals surface area contributed by atoms with Crippen LogP contribution in [-0.2, 0) is 6.42 Å². The number of ether oxygens (including phenoxy) is 1. The van der Waals surface area contributed by atoms with Crippen LogP contribution in [0.4, 0.5) is 0 Å². The van der Waals surface area contributed by atoms with Gasteiger partial charge in [-0.05, 0) is 44.4 Å². The van der Waals surface area contributed by atoms with Crippen molar-refractivity contribution in [3.63, 3.8) is 0 Å². The smallest absolute Gasteiger partial charge is 0.227 e. The maximum absolute atomic E-state index is 6.14. The van der Waals surface area contributed by atoms with E-state index < -0.39 is 0 Å². The number of rotatable bonds is 3. The summed E-state index contributed by atoms with van der Waals surface area (Å²) in [6.07, 6.45) is 0.724. The van der Waals surface area contributed by atoms with E-state index in [1.165, 1.54) is 5.56 Å². The van der Waals surface area contributed by atoms with Gasteiger partial charge in [0.25, 0.3) is 0 Å². The number of aromatic nitrogens is 2. The number of hydrogen-bond acceptors (Lipinski definition) is 3. The zero-order valence-electron chi connectivity index (χ0n) is 12.5. The topological polar surface area (TPSA) is 35.0 Å². The van der Waals surface area contributed by atoms with Gasteiger partial charge in [-0.2, -0.15) is 4.98 Å². The van der Waals surface area contributed by atoms with Gasteiger partial charge in [0.05, 0.1) is 0 Å². The van der Waals surface area contributed by atoms with E-state index in [2.05, 4.69) is 35.9 Å². The molecule has 0 bridgehead atoms. The monoisotopic (exact) mass is 290 g/mol. The fraction of sp³-hybridized carbons (Fsp3) is 0.375. The van der Waals surface area contributed by atoms with Crippen molar-refractivity contribution >= 4 is 11.6 Å². The molecule has 2 aromatic rings. The molecule has 0 aliphatic rings. The molecule has 0 atom stereocenters. The lowest BCUT2D eigenvalue weighted by Gasteiger charge is -2.15. The molecule has 1 aromatic carbocycles. The number of aryl methyl sites for hydroxylation is 3. The summed E-state index contributed by atoms with van der Waals surface area (Å²) < 4.78 is 6.04. The second-order valence-electron chi connectivity index (χ2n) is 4.97. The first-order valence-electron chi connectivity index (χ1n) is 6.71. The van der Waals surface area contributed by atoms with Gasteiger partial charge >= 0.3 is 0 Å². The average molecular weight is 291 g/mol. The minimum Gasteiger partial charge on any atom is -0.438 e. The molecule has 0 aliphatic carbocycles. The van der Waals surface area contributed by atoms with Crippen LogP contribution < -0.4 is 4.74 Å². The van der Waals surface area contributed by atoms with E-state index in [4.69, 9.17) is 16.3 Å². The van der Waals surface area contributed by atoms with Crippen LogP contribution in [0.15, 0.2) is 12.1 Å². The Hall–Kier alpha value is -1.61. The molecule has 0 aliphatic heterocycles. The first-order chi connectivity index (χ1) is 9.43. The van der Waals surface area contributed by atoms with Crippen molar-refractivity contribution in [3.05, 3.63) is 45.4 Å². The summed E-state index contributed by atoms with van der Waals surface area (Å²) in [4.78, 5) is 8.67. The molecule has 0 fully saturated rings. The Kier molecular flexibility index (Phi) is 4.29. The van der Waals surface area contributed by atoms with Crippen molar-refractivity contribution in [1.82, 2.24) is 9.97 Å². The Morgan fingerprint density at radius 1 is 1.00 bits per heavy atom. The van der Waals surface area contributed by atoms with E-state index >= 15 is 0 Å². The molecular weight excluding hydrogens is 272 g/mol. The average Bonchev–Trinajstić information content (AvgIpc) is 2.43. The molecular formula is C16H19ClN2O. The van der Waals surface area contributed by atoms with Gasteiger partial charge in [-0.1, -0.05) is 30.7 Å². The summed E-state index contributed by atoms with van der Waals surface area (Å²) in [5.41, 5.74) is 4.17. The van der Waals surface area contributed by atoms with Gasteiger partial charge in [0.1, 0.15) is 16.7 Å². The minimum absolute atomic E-state index is 0.454. The summed E-state index contributed by atoms with van der Waals surface area (Å²) in [5, 5.41) is 0.454. The van der Waals surface area contributed by atoms with E-state index in [1.807, 2.05) is 20.8 Å². The molecule has 0 N–H and O–H groups in total. The molecule has 1 aromatic heterocycles. The van der Waals surface area contributed by atoms with E-state index in [-0.39, 0.29) is 0 Å². The molecule has 1 heterocycles. The minimum atomic E-state index is 0.454. The fourth-order valence-corrected chi connectivity index (χ4v) is 2.13. The lowest BCUT2D eigenvalue weighted by molar-refractivity contribution is 0.447. The zero-order chi connectivity index (χ0) is 14.9. The van der Waals surface area contributed by atoms with Crippen molar-refractivity contribution in [3.8, 4) is 11.6 Å². The molecule has 0 saturated heterocycles. The fourth-order valence-electron chi connectivity index (χ4n) is 1.95. The third-order valence-corrected chi connectivity index (χ3v) is 3.84. The largest absolute Gasteiger partial charge is 0.438 e. The van der Waals surface area contributed by atoms with E-state index in [0.717, 1.165) is 28.9 Å². The first-order valence-corrected chi connectivity index (χ1v) is 7.09. The number of hydrogen-bond donors (Lipinski definition) is 0. The Labute approximate surface area is 125 Å². The molecule has 106 valence electrons. The lowest BCUT2D eigenvalue weighted by atomic mass is 10.1. The van der Waals surface area contributed by atoms with Crippen LogP contribution in [0.1, 0.15) is 35.0 Å². The van der Waals surface area contributed by atoms with Crippen LogP contribution in [-0.4, -0.2) is 9.97 Å². The predicted octanol–water partition coefficient (Wildman–Crippen LogP) is 4.72. The van der Waals surface area contributed by atoms with Gasteiger partial charge < -0.3 is 4.74 Å². The van der Waals surface area contributed by atoms with Crippen LogP contribution >= 0.6 is 11.6 Å². The van der Waals surface area contributed by atoms with Gasteiger partial charge in [-0.3, -0.25) is 0 Å². The Morgan fingerprint density at radius 2 is 1.65 bits per heavy atom. The normalized spacial score (nSPS) is 10.7. The summed E-state index contributed by atoms with van der Waals surface area (Å²) in [6.45, 7) is 10.0. The predicted molar refractivity (Wildman–Crippen MR) is 81.9 cm³/mol. The highest BCUT2D eigenvalue weighted by Crippen LogP contribution is 2.32. The van der Waals surface area contributed by atoms with Crippen molar-refractivity contribution < 1.29 is 4.74 Å². The van der Waals surface area contributed by atoms with Crippen molar-refractivity contribution in [2.45, 2.75) is 41.0 Å². The number of halogens is 1. The summed E-state index contributed by atoms with van der Waals surface area (Å²) >= 11 is 6.14. The van der Waals surface area contributed by atoms with Crippen molar-refractivity contribution in [1.29, 1.82) is 0 Å². The van der Waals surface area contributed by atoms with Crippen LogP contribution in [0, 0.1) is 27.7 Å². The molecule has 0 unspecified atom stereocenters. The second kappa shape index (κ2) is 5.80. The highest BCUT2D eigenvalue weighted by molar-refractivity contribution is 6.30. The third kappa shape index (κ3) is 2.78. The molecule has 2 rings (SSSR count).